The van der Waals surface area contributed by atoms with E-state index in [4.69, 9.17) is 10.5 Å². The molecule has 0 aromatic heterocycles. The van der Waals surface area contributed by atoms with Crippen molar-refractivity contribution in [2.75, 3.05) is 6.61 Å². The second-order valence-corrected chi connectivity index (χ2v) is 4.62. The Morgan fingerprint density at radius 3 is 2.68 bits per heavy atom. The summed E-state index contributed by atoms with van der Waals surface area (Å²) in [4.78, 5) is 0. The maximum atomic E-state index is 13.1. The van der Waals surface area contributed by atoms with Crippen LogP contribution in [0.25, 0.3) is 0 Å². The van der Waals surface area contributed by atoms with E-state index in [1.165, 1.54) is 12.1 Å². The summed E-state index contributed by atoms with van der Waals surface area (Å²) in [5.74, 6) is 0.582. The lowest BCUT2D eigenvalue weighted by Crippen LogP contribution is -2.14. The highest BCUT2D eigenvalue weighted by Gasteiger charge is 2.07. The van der Waals surface area contributed by atoms with E-state index in [0.29, 0.717) is 13.0 Å². The van der Waals surface area contributed by atoms with E-state index in [0.717, 1.165) is 16.9 Å². The van der Waals surface area contributed by atoms with Gasteiger partial charge in [-0.25, -0.2) is 4.39 Å². The van der Waals surface area contributed by atoms with Crippen molar-refractivity contribution in [3.05, 3.63) is 65.5 Å². The highest BCUT2D eigenvalue weighted by atomic mass is 19.1. The number of hydrogen-bond acceptors (Lipinski definition) is 2. The largest absolute Gasteiger partial charge is 0.494 e. The van der Waals surface area contributed by atoms with Crippen molar-refractivity contribution in [2.24, 2.45) is 5.73 Å². The van der Waals surface area contributed by atoms with Crippen LogP contribution in [0.3, 0.4) is 0 Å². The van der Waals surface area contributed by atoms with Crippen LogP contribution in [0.1, 0.15) is 23.6 Å². The zero-order chi connectivity index (χ0) is 13.7. The SMILES string of the molecule is Cc1cccc(OCCC(N)c2cccc(F)c2)c1. The minimum Gasteiger partial charge on any atom is -0.494 e. The molecular formula is C16H18FNO. The van der Waals surface area contributed by atoms with Crippen molar-refractivity contribution in [1.82, 2.24) is 0 Å². The monoisotopic (exact) mass is 259 g/mol. The average Bonchev–Trinajstić information content (AvgIpc) is 2.38. The van der Waals surface area contributed by atoms with Crippen LogP contribution in [-0.4, -0.2) is 6.61 Å². The van der Waals surface area contributed by atoms with E-state index in [2.05, 4.69) is 0 Å². The number of nitrogens with two attached hydrogens (primary N) is 1. The molecular weight excluding hydrogens is 241 g/mol. The van der Waals surface area contributed by atoms with Crippen molar-refractivity contribution in [3.63, 3.8) is 0 Å². The molecule has 0 saturated carbocycles. The van der Waals surface area contributed by atoms with E-state index < -0.39 is 0 Å². The fourth-order valence-corrected chi connectivity index (χ4v) is 1.91. The lowest BCUT2D eigenvalue weighted by molar-refractivity contribution is 0.298. The second kappa shape index (κ2) is 6.34. The number of halogens is 1. The van der Waals surface area contributed by atoms with Gasteiger partial charge in [0, 0.05) is 12.5 Å². The minimum atomic E-state index is -0.257. The molecule has 0 bridgehead atoms. The first kappa shape index (κ1) is 13.6. The number of benzene rings is 2. The predicted octanol–water partition coefficient (Wildman–Crippen LogP) is 3.60. The fraction of sp³-hybridized carbons (Fsp3) is 0.250. The highest BCUT2D eigenvalue weighted by molar-refractivity contribution is 5.27. The van der Waals surface area contributed by atoms with Gasteiger partial charge in [0.25, 0.3) is 0 Å². The summed E-state index contributed by atoms with van der Waals surface area (Å²) < 4.78 is 18.7. The molecule has 2 aromatic rings. The average molecular weight is 259 g/mol. The summed E-state index contributed by atoms with van der Waals surface area (Å²) in [6.45, 7) is 2.53. The number of hydrogen-bond donors (Lipinski definition) is 1. The summed E-state index contributed by atoms with van der Waals surface area (Å²) >= 11 is 0. The van der Waals surface area contributed by atoms with Crippen LogP contribution in [-0.2, 0) is 0 Å². The van der Waals surface area contributed by atoms with Crippen molar-refractivity contribution in [1.29, 1.82) is 0 Å². The van der Waals surface area contributed by atoms with E-state index in [1.807, 2.05) is 37.3 Å². The van der Waals surface area contributed by atoms with Crippen LogP contribution >= 0.6 is 0 Å². The Kier molecular flexibility index (Phi) is 4.53. The second-order valence-electron chi connectivity index (χ2n) is 4.62. The van der Waals surface area contributed by atoms with Crippen LogP contribution in [0, 0.1) is 12.7 Å². The third kappa shape index (κ3) is 4.07. The lowest BCUT2D eigenvalue weighted by atomic mass is 10.1. The van der Waals surface area contributed by atoms with Crippen molar-refractivity contribution < 1.29 is 9.13 Å². The molecule has 2 nitrogen and oxygen atoms in total. The van der Waals surface area contributed by atoms with Gasteiger partial charge >= 0.3 is 0 Å². The molecule has 2 rings (SSSR count). The first-order valence-corrected chi connectivity index (χ1v) is 6.35. The molecule has 0 aliphatic carbocycles. The third-order valence-corrected chi connectivity index (χ3v) is 2.96. The molecule has 0 spiro atoms. The maximum absolute atomic E-state index is 13.1. The van der Waals surface area contributed by atoms with Crippen molar-refractivity contribution in [2.45, 2.75) is 19.4 Å². The van der Waals surface area contributed by atoms with Crippen LogP contribution in [0.5, 0.6) is 5.75 Å². The molecule has 0 fully saturated rings. The molecule has 1 unspecified atom stereocenters. The minimum absolute atomic E-state index is 0.208. The molecule has 2 aromatic carbocycles. The molecule has 0 aliphatic rings. The van der Waals surface area contributed by atoms with Gasteiger partial charge in [-0.1, -0.05) is 24.3 Å². The van der Waals surface area contributed by atoms with E-state index in [1.54, 1.807) is 6.07 Å². The van der Waals surface area contributed by atoms with Crippen LogP contribution in [0.4, 0.5) is 4.39 Å². The van der Waals surface area contributed by atoms with Gasteiger partial charge in [-0.3, -0.25) is 0 Å². The standard InChI is InChI=1S/C16H18FNO/c1-12-4-2-7-15(10-12)19-9-8-16(18)13-5-3-6-14(17)11-13/h2-7,10-11,16H,8-9,18H2,1H3. The van der Waals surface area contributed by atoms with Crippen LogP contribution < -0.4 is 10.5 Å². The van der Waals surface area contributed by atoms with Gasteiger partial charge in [-0.15, -0.1) is 0 Å². The first-order valence-electron chi connectivity index (χ1n) is 6.35. The molecule has 0 heterocycles. The zero-order valence-electron chi connectivity index (χ0n) is 11.0. The maximum Gasteiger partial charge on any atom is 0.123 e. The highest BCUT2D eigenvalue weighted by Crippen LogP contribution is 2.17. The van der Waals surface area contributed by atoms with E-state index >= 15 is 0 Å². The van der Waals surface area contributed by atoms with Crippen LogP contribution in [0.15, 0.2) is 48.5 Å². The number of aryl methyl sites for hydroxylation is 1. The molecule has 0 amide bonds. The third-order valence-electron chi connectivity index (χ3n) is 2.96. The van der Waals surface area contributed by atoms with Gasteiger partial charge in [-0.2, -0.15) is 0 Å². The fourth-order valence-electron chi connectivity index (χ4n) is 1.91. The Balaban J connectivity index is 1.85. The van der Waals surface area contributed by atoms with Gasteiger partial charge in [0.1, 0.15) is 11.6 Å². The van der Waals surface area contributed by atoms with Gasteiger partial charge in [-0.05, 0) is 42.3 Å². The molecule has 0 radical (unpaired) electrons. The summed E-state index contributed by atoms with van der Waals surface area (Å²) in [7, 11) is 0. The molecule has 3 heteroatoms. The zero-order valence-corrected chi connectivity index (χ0v) is 11.0. The van der Waals surface area contributed by atoms with Crippen molar-refractivity contribution in [3.8, 4) is 5.75 Å². The Bertz CT molecular complexity index is 542. The summed E-state index contributed by atoms with van der Waals surface area (Å²) in [6.07, 6.45) is 0.650. The Morgan fingerprint density at radius 2 is 1.95 bits per heavy atom. The van der Waals surface area contributed by atoms with Crippen LogP contribution in [0.2, 0.25) is 0 Å². The normalized spacial score (nSPS) is 12.2. The van der Waals surface area contributed by atoms with E-state index in [9.17, 15) is 4.39 Å². The van der Waals surface area contributed by atoms with Crippen molar-refractivity contribution >= 4 is 0 Å². The molecule has 0 aliphatic heterocycles. The summed E-state index contributed by atoms with van der Waals surface area (Å²) in [5.41, 5.74) is 7.97. The smallest absolute Gasteiger partial charge is 0.123 e. The van der Waals surface area contributed by atoms with Gasteiger partial charge in [0.2, 0.25) is 0 Å². The topological polar surface area (TPSA) is 35.2 Å². The Morgan fingerprint density at radius 1 is 1.16 bits per heavy atom. The quantitative estimate of drug-likeness (QED) is 0.890. The van der Waals surface area contributed by atoms with Gasteiger partial charge in [0.15, 0.2) is 0 Å². The molecule has 19 heavy (non-hydrogen) atoms. The molecule has 0 saturated heterocycles. The molecule has 1 atom stereocenters. The number of ether oxygens (including phenoxy) is 1. The number of rotatable bonds is 5. The first-order chi connectivity index (χ1) is 9.15. The molecule has 100 valence electrons. The predicted molar refractivity (Wildman–Crippen MR) is 74.6 cm³/mol. The molecule has 2 N–H and O–H groups in total. The summed E-state index contributed by atoms with van der Waals surface area (Å²) in [6, 6.07) is 14.1. The van der Waals surface area contributed by atoms with Gasteiger partial charge in [0.05, 0.1) is 6.61 Å². The Labute approximate surface area is 113 Å². The lowest BCUT2D eigenvalue weighted by Gasteiger charge is -2.13. The Hall–Kier alpha value is -1.87. The van der Waals surface area contributed by atoms with E-state index in [-0.39, 0.29) is 11.9 Å². The summed E-state index contributed by atoms with van der Waals surface area (Å²) in [5, 5.41) is 0. The van der Waals surface area contributed by atoms with Gasteiger partial charge < -0.3 is 10.5 Å².